The number of aromatic nitrogens is 1. The SMILES string of the molecule is CCN(CC)C(=O)c1ccc[n+](Cc2ccc(Cl)c(Cl)c2)c1.[Cl-]. The first-order chi connectivity index (χ1) is 10.5. The quantitative estimate of drug-likeness (QED) is 0.712. The fraction of sp³-hybridized carbons (Fsp3) is 0.294. The molecule has 0 bridgehead atoms. The van der Waals surface area contributed by atoms with Crippen LogP contribution in [0.2, 0.25) is 10.0 Å². The predicted octanol–water partition coefficient (Wildman–Crippen LogP) is 0.815. The van der Waals surface area contributed by atoms with Gasteiger partial charge in [0.2, 0.25) is 0 Å². The summed E-state index contributed by atoms with van der Waals surface area (Å²) < 4.78 is 1.97. The van der Waals surface area contributed by atoms with Gasteiger partial charge in [-0.3, -0.25) is 4.79 Å². The maximum absolute atomic E-state index is 12.4. The molecule has 1 aromatic heterocycles. The lowest BCUT2D eigenvalue weighted by Crippen LogP contribution is -3.00. The summed E-state index contributed by atoms with van der Waals surface area (Å²) in [7, 11) is 0. The number of pyridine rings is 1. The second-order valence-electron chi connectivity index (χ2n) is 4.99. The highest BCUT2D eigenvalue weighted by Crippen LogP contribution is 2.22. The van der Waals surface area contributed by atoms with Crippen LogP contribution < -0.4 is 17.0 Å². The second-order valence-corrected chi connectivity index (χ2v) is 5.81. The minimum absolute atomic E-state index is 0. The van der Waals surface area contributed by atoms with Crippen LogP contribution >= 0.6 is 23.2 Å². The number of halogens is 3. The molecule has 1 aromatic carbocycles. The highest BCUT2D eigenvalue weighted by Gasteiger charge is 2.16. The molecule has 0 N–H and O–H groups in total. The van der Waals surface area contributed by atoms with E-state index in [1.54, 1.807) is 11.0 Å². The molecule has 0 aliphatic rings. The minimum Gasteiger partial charge on any atom is -1.00 e. The van der Waals surface area contributed by atoms with Crippen LogP contribution in [0.15, 0.2) is 42.7 Å². The molecule has 0 unspecified atom stereocenters. The van der Waals surface area contributed by atoms with Crippen molar-refractivity contribution < 1.29 is 21.8 Å². The van der Waals surface area contributed by atoms with Crippen molar-refractivity contribution >= 4 is 29.1 Å². The first-order valence-corrected chi connectivity index (χ1v) is 8.03. The minimum atomic E-state index is 0. The van der Waals surface area contributed by atoms with E-state index in [4.69, 9.17) is 23.2 Å². The number of nitrogens with zero attached hydrogens (tertiary/aromatic N) is 2. The number of benzene rings is 1. The van der Waals surface area contributed by atoms with Gasteiger partial charge in [0, 0.05) is 24.7 Å². The zero-order valence-corrected chi connectivity index (χ0v) is 15.4. The molecular formula is C17H19Cl3N2O. The highest BCUT2D eigenvalue weighted by molar-refractivity contribution is 6.42. The van der Waals surface area contributed by atoms with E-state index in [0.717, 1.165) is 5.56 Å². The molecule has 2 aromatic rings. The molecule has 0 spiro atoms. The molecule has 1 heterocycles. The average molecular weight is 374 g/mol. The van der Waals surface area contributed by atoms with Gasteiger partial charge in [-0.2, -0.15) is 4.57 Å². The maximum atomic E-state index is 12.4. The lowest BCUT2D eigenvalue weighted by Gasteiger charge is -2.17. The van der Waals surface area contributed by atoms with Gasteiger partial charge in [-0.15, -0.1) is 0 Å². The van der Waals surface area contributed by atoms with E-state index in [0.29, 0.717) is 35.2 Å². The van der Waals surface area contributed by atoms with Crippen molar-refractivity contribution in [3.05, 3.63) is 63.9 Å². The van der Waals surface area contributed by atoms with E-state index in [1.807, 2.05) is 55.1 Å². The van der Waals surface area contributed by atoms with E-state index in [2.05, 4.69) is 0 Å². The molecule has 124 valence electrons. The first-order valence-electron chi connectivity index (χ1n) is 7.27. The van der Waals surface area contributed by atoms with Gasteiger partial charge in [-0.05, 0) is 32.0 Å². The van der Waals surface area contributed by atoms with E-state index >= 15 is 0 Å². The van der Waals surface area contributed by atoms with Crippen molar-refractivity contribution in [2.24, 2.45) is 0 Å². The van der Waals surface area contributed by atoms with Crippen molar-refractivity contribution in [1.29, 1.82) is 0 Å². The summed E-state index contributed by atoms with van der Waals surface area (Å²) in [5, 5.41) is 1.08. The molecule has 0 aliphatic heterocycles. The molecule has 3 nitrogen and oxygen atoms in total. The van der Waals surface area contributed by atoms with Gasteiger partial charge >= 0.3 is 0 Å². The van der Waals surface area contributed by atoms with Crippen LogP contribution in [-0.4, -0.2) is 23.9 Å². The molecule has 0 fully saturated rings. The molecule has 0 radical (unpaired) electrons. The zero-order chi connectivity index (χ0) is 16.1. The molecule has 0 atom stereocenters. The van der Waals surface area contributed by atoms with E-state index in [9.17, 15) is 4.79 Å². The number of amides is 1. The number of hydrogen-bond donors (Lipinski definition) is 0. The molecular weight excluding hydrogens is 355 g/mol. The van der Waals surface area contributed by atoms with Gasteiger partial charge in [0.1, 0.15) is 5.56 Å². The summed E-state index contributed by atoms with van der Waals surface area (Å²) >= 11 is 12.0. The fourth-order valence-corrected chi connectivity index (χ4v) is 2.61. The lowest BCUT2D eigenvalue weighted by molar-refractivity contribution is -0.688. The fourth-order valence-electron chi connectivity index (χ4n) is 2.29. The van der Waals surface area contributed by atoms with Gasteiger partial charge in [0.05, 0.1) is 10.0 Å². The Morgan fingerprint density at radius 3 is 2.43 bits per heavy atom. The van der Waals surface area contributed by atoms with Gasteiger partial charge in [0.25, 0.3) is 5.91 Å². The van der Waals surface area contributed by atoms with Crippen molar-refractivity contribution in [2.45, 2.75) is 20.4 Å². The third kappa shape index (κ3) is 5.10. The van der Waals surface area contributed by atoms with Crippen molar-refractivity contribution in [3.8, 4) is 0 Å². The Labute approximate surface area is 153 Å². The molecule has 0 saturated carbocycles. The third-order valence-electron chi connectivity index (χ3n) is 3.50. The van der Waals surface area contributed by atoms with Crippen molar-refractivity contribution in [3.63, 3.8) is 0 Å². The van der Waals surface area contributed by atoms with Crippen LogP contribution in [0, 0.1) is 0 Å². The van der Waals surface area contributed by atoms with Gasteiger partial charge < -0.3 is 17.3 Å². The lowest BCUT2D eigenvalue weighted by atomic mass is 10.2. The van der Waals surface area contributed by atoms with Crippen LogP contribution in [0.4, 0.5) is 0 Å². The van der Waals surface area contributed by atoms with Crippen molar-refractivity contribution in [2.75, 3.05) is 13.1 Å². The van der Waals surface area contributed by atoms with Crippen LogP contribution in [0.1, 0.15) is 29.8 Å². The smallest absolute Gasteiger partial charge is 0.259 e. The standard InChI is InChI=1S/C17H19Cl2N2O.ClH/c1-3-21(4-2)17(22)14-6-5-9-20(12-14)11-13-7-8-15(18)16(19)10-13;/h5-10,12H,3-4,11H2,1-2H3;1H/q+1;/p-1. The molecule has 0 aliphatic carbocycles. The Hall–Kier alpha value is -1.29. The summed E-state index contributed by atoms with van der Waals surface area (Å²) in [6, 6.07) is 9.28. The van der Waals surface area contributed by atoms with Gasteiger partial charge in [0.15, 0.2) is 18.9 Å². The number of carbonyl (C=O) groups is 1. The molecule has 0 saturated heterocycles. The van der Waals surface area contributed by atoms with Gasteiger partial charge in [-0.1, -0.05) is 29.3 Å². The maximum Gasteiger partial charge on any atom is 0.259 e. The summed E-state index contributed by atoms with van der Waals surface area (Å²) in [6.45, 7) is 6.01. The molecule has 1 amide bonds. The normalized spacial score (nSPS) is 10.1. The average Bonchev–Trinajstić information content (AvgIpc) is 2.52. The van der Waals surface area contributed by atoms with Crippen LogP contribution in [0.5, 0.6) is 0 Å². The summed E-state index contributed by atoms with van der Waals surface area (Å²) in [4.78, 5) is 14.2. The van der Waals surface area contributed by atoms with Crippen molar-refractivity contribution in [1.82, 2.24) is 4.90 Å². The second kappa shape index (κ2) is 9.11. The monoisotopic (exact) mass is 372 g/mol. The Kier molecular flexibility index (Phi) is 7.83. The Balaban J connectivity index is 0.00000264. The van der Waals surface area contributed by atoms with Crippen LogP contribution in [0.3, 0.4) is 0 Å². The first kappa shape index (κ1) is 19.8. The summed E-state index contributed by atoms with van der Waals surface area (Å²) in [5.41, 5.74) is 1.72. The van der Waals surface area contributed by atoms with Crippen LogP contribution in [-0.2, 0) is 6.54 Å². The summed E-state index contributed by atoms with van der Waals surface area (Å²) in [5.74, 6) is 0.0495. The number of hydrogen-bond acceptors (Lipinski definition) is 1. The Bertz CT molecular complexity index is 673. The largest absolute Gasteiger partial charge is 1.00 e. The number of rotatable bonds is 5. The third-order valence-corrected chi connectivity index (χ3v) is 4.24. The van der Waals surface area contributed by atoms with Gasteiger partial charge in [-0.25, -0.2) is 0 Å². The predicted molar refractivity (Wildman–Crippen MR) is 89.5 cm³/mol. The zero-order valence-electron chi connectivity index (χ0n) is 13.1. The van der Waals surface area contributed by atoms with E-state index < -0.39 is 0 Å². The van der Waals surface area contributed by atoms with Crippen LogP contribution in [0.25, 0.3) is 0 Å². The summed E-state index contributed by atoms with van der Waals surface area (Å²) in [6.07, 6.45) is 3.80. The Morgan fingerprint density at radius 2 is 1.83 bits per heavy atom. The highest BCUT2D eigenvalue weighted by atomic mass is 35.5. The number of carbonyl (C=O) groups excluding carboxylic acids is 1. The molecule has 2 rings (SSSR count). The molecule has 6 heteroatoms. The van der Waals surface area contributed by atoms with E-state index in [-0.39, 0.29) is 18.3 Å². The molecule has 23 heavy (non-hydrogen) atoms. The Morgan fingerprint density at radius 1 is 1.13 bits per heavy atom. The topological polar surface area (TPSA) is 24.2 Å². The van der Waals surface area contributed by atoms with E-state index in [1.165, 1.54) is 0 Å².